The van der Waals surface area contributed by atoms with Gasteiger partial charge in [-0.2, -0.15) is 0 Å². The van der Waals surface area contributed by atoms with Crippen molar-refractivity contribution in [2.75, 3.05) is 5.43 Å². The van der Waals surface area contributed by atoms with Crippen LogP contribution in [-0.4, -0.2) is 14.9 Å². The van der Waals surface area contributed by atoms with E-state index in [1.165, 1.54) is 5.39 Å². The van der Waals surface area contributed by atoms with Gasteiger partial charge in [-0.05, 0) is 34.5 Å². The molecule has 1 N–H and O–H groups in total. The van der Waals surface area contributed by atoms with Crippen LogP contribution in [0.15, 0.2) is 73.3 Å². The lowest BCUT2D eigenvalue weighted by Crippen LogP contribution is -2.13. The van der Waals surface area contributed by atoms with Gasteiger partial charge in [0.15, 0.2) is 0 Å². The van der Waals surface area contributed by atoms with E-state index in [0.29, 0.717) is 13.2 Å². The van der Waals surface area contributed by atoms with Crippen molar-refractivity contribution in [3.63, 3.8) is 0 Å². The molecular weight excluding hydrogens is 348 g/mol. The Balaban J connectivity index is 1.61. The Bertz CT molecular complexity index is 1000. The Morgan fingerprint density at radius 1 is 0.923 bits per heavy atom. The van der Waals surface area contributed by atoms with Gasteiger partial charge in [-0.3, -0.25) is 0 Å². The molecular formula is C20H17ClN4O. The van der Waals surface area contributed by atoms with E-state index >= 15 is 0 Å². The molecule has 0 aliphatic heterocycles. The third-order valence-electron chi connectivity index (χ3n) is 4.16. The molecule has 3 aromatic carbocycles. The average molecular weight is 365 g/mol. The summed E-state index contributed by atoms with van der Waals surface area (Å²) in [7, 11) is 0. The van der Waals surface area contributed by atoms with E-state index in [-0.39, 0.29) is 0 Å². The molecule has 0 unspecified atom stereocenters. The van der Waals surface area contributed by atoms with Crippen LogP contribution in [0.4, 0.5) is 0 Å². The predicted octanol–water partition coefficient (Wildman–Crippen LogP) is 4.41. The summed E-state index contributed by atoms with van der Waals surface area (Å²) >= 11 is 5.95. The van der Waals surface area contributed by atoms with Crippen LogP contribution in [0.5, 0.6) is 5.75 Å². The van der Waals surface area contributed by atoms with Crippen LogP contribution in [0.2, 0.25) is 5.02 Å². The van der Waals surface area contributed by atoms with Gasteiger partial charge in [-0.1, -0.05) is 54.1 Å². The minimum Gasteiger partial charge on any atom is -0.489 e. The first-order valence-corrected chi connectivity index (χ1v) is 8.64. The number of halogens is 1. The highest BCUT2D eigenvalue weighted by molar-refractivity contribution is 6.30. The van der Waals surface area contributed by atoms with Gasteiger partial charge in [0.2, 0.25) is 0 Å². The van der Waals surface area contributed by atoms with Gasteiger partial charge in [0, 0.05) is 10.6 Å². The van der Waals surface area contributed by atoms with Crippen LogP contribution in [-0.2, 0) is 13.2 Å². The molecule has 0 saturated carbocycles. The molecule has 1 aromatic heterocycles. The second kappa shape index (κ2) is 7.45. The number of hydrogen-bond donors (Lipinski definition) is 1. The van der Waals surface area contributed by atoms with E-state index in [9.17, 15) is 0 Å². The summed E-state index contributed by atoms with van der Waals surface area (Å²) in [4.78, 5) is 0. The van der Waals surface area contributed by atoms with Crippen molar-refractivity contribution in [3.8, 4) is 5.75 Å². The standard InChI is InChI=1S/C20H17ClN4O/c21-17-8-5-15(6-9-17)12-26-20-10-7-16-3-1-2-4-18(16)19(20)11-24-25-13-22-23-14-25/h1-10,13-14,24H,11-12H2. The van der Waals surface area contributed by atoms with E-state index in [0.717, 1.165) is 27.3 Å². The van der Waals surface area contributed by atoms with Gasteiger partial charge in [0.05, 0.1) is 6.54 Å². The summed E-state index contributed by atoms with van der Waals surface area (Å²) in [5.74, 6) is 0.847. The van der Waals surface area contributed by atoms with E-state index in [1.54, 1.807) is 17.3 Å². The van der Waals surface area contributed by atoms with Crippen LogP contribution in [0.25, 0.3) is 10.8 Å². The third-order valence-corrected chi connectivity index (χ3v) is 4.41. The zero-order valence-electron chi connectivity index (χ0n) is 14.0. The Labute approximate surface area is 156 Å². The molecule has 1 heterocycles. The van der Waals surface area contributed by atoms with Crippen molar-refractivity contribution >= 4 is 22.4 Å². The molecule has 26 heavy (non-hydrogen) atoms. The molecule has 5 nitrogen and oxygen atoms in total. The average Bonchev–Trinajstić information content (AvgIpc) is 3.19. The maximum Gasteiger partial charge on any atom is 0.138 e. The molecule has 0 saturated heterocycles. The number of rotatable bonds is 6. The Morgan fingerprint density at radius 3 is 2.50 bits per heavy atom. The molecule has 0 spiro atoms. The topological polar surface area (TPSA) is 52.0 Å². The number of benzene rings is 3. The van der Waals surface area contributed by atoms with Gasteiger partial charge < -0.3 is 10.2 Å². The molecule has 130 valence electrons. The number of nitrogens with one attached hydrogen (secondary N) is 1. The molecule has 0 radical (unpaired) electrons. The van der Waals surface area contributed by atoms with Gasteiger partial charge in [0.25, 0.3) is 0 Å². The Morgan fingerprint density at radius 2 is 1.69 bits per heavy atom. The third kappa shape index (κ3) is 3.63. The first-order valence-electron chi connectivity index (χ1n) is 8.26. The fraction of sp³-hybridized carbons (Fsp3) is 0.100. The summed E-state index contributed by atoms with van der Waals surface area (Å²) in [6.07, 6.45) is 3.25. The number of nitrogens with zero attached hydrogens (tertiary/aromatic N) is 3. The highest BCUT2D eigenvalue weighted by Gasteiger charge is 2.09. The SMILES string of the molecule is Clc1ccc(COc2ccc3ccccc3c2CNn2cnnc2)cc1. The molecule has 0 aliphatic carbocycles. The van der Waals surface area contributed by atoms with Crippen molar-refractivity contribution < 1.29 is 4.74 Å². The molecule has 6 heteroatoms. The molecule has 0 atom stereocenters. The number of fused-ring (bicyclic) bond motifs is 1. The Hall–Kier alpha value is -3.05. The molecule has 4 aromatic rings. The van der Waals surface area contributed by atoms with E-state index in [2.05, 4.69) is 33.8 Å². The molecule has 0 amide bonds. The highest BCUT2D eigenvalue weighted by Crippen LogP contribution is 2.29. The van der Waals surface area contributed by atoms with Crippen LogP contribution in [0, 0.1) is 0 Å². The van der Waals surface area contributed by atoms with Gasteiger partial charge in [-0.15, -0.1) is 10.2 Å². The normalized spacial score (nSPS) is 10.8. The number of ether oxygens (including phenoxy) is 1. The first kappa shape index (κ1) is 16.4. The minimum absolute atomic E-state index is 0.481. The van der Waals surface area contributed by atoms with Crippen LogP contribution in [0.1, 0.15) is 11.1 Å². The van der Waals surface area contributed by atoms with Crippen molar-refractivity contribution in [3.05, 3.63) is 89.5 Å². The van der Waals surface area contributed by atoms with Crippen molar-refractivity contribution in [2.45, 2.75) is 13.2 Å². The van der Waals surface area contributed by atoms with E-state index in [4.69, 9.17) is 16.3 Å². The minimum atomic E-state index is 0.481. The monoisotopic (exact) mass is 364 g/mol. The lowest BCUT2D eigenvalue weighted by molar-refractivity contribution is 0.303. The quantitative estimate of drug-likeness (QED) is 0.550. The lowest BCUT2D eigenvalue weighted by atomic mass is 10.0. The molecule has 4 rings (SSSR count). The first-order chi connectivity index (χ1) is 12.8. The van der Waals surface area contributed by atoms with Crippen molar-refractivity contribution in [1.29, 1.82) is 0 Å². The maximum absolute atomic E-state index is 6.12. The second-order valence-corrected chi connectivity index (χ2v) is 6.32. The Kier molecular flexibility index (Phi) is 4.71. The zero-order valence-corrected chi connectivity index (χ0v) is 14.7. The van der Waals surface area contributed by atoms with Crippen molar-refractivity contribution in [2.24, 2.45) is 0 Å². The predicted molar refractivity (Wildman–Crippen MR) is 103 cm³/mol. The summed E-state index contributed by atoms with van der Waals surface area (Å²) in [6.45, 7) is 1.07. The fourth-order valence-electron chi connectivity index (χ4n) is 2.83. The van der Waals surface area contributed by atoms with Gasteiger partial charge in [0.1, 0.15) is 25.0 Å². The molecule has 0 bridgehead atoms. The van der Waals surface area contributed by atoms with Crippen LogP contribution >= 0.6 is 11.6 Å². The van der Waals surface area contributed by atoms with Gasteiger partial charge in [-0.25, -0.2) is 4.68 Å². The smallest absolute Gasteiger partial charge is 0.138 e. The van der Waals surface area contributed by atoms with E-state index < -0.39 is 0 Å². The van der Waals surface area contributed by atoms with Gasteiger partial charge >= 0.3 is 0 Å². The number of hydrogen-bond acceptors (Lipinski definition) is 4. The van der Waals surface area contributed by atoms with Crippen molar-refractivity contribution in [1.82, 2.24) is 14.9 Å². The van der Waals surface area contributed by atoms with E-state index in [1.807, 2.05) is 42.5 Å². The largest absolute Gasteiger partial charge is 0.489 e. The lowest BCUT2D eigenvalue weighted by Gasteiger charge is -2.16. The molecule has 0 fully saturated rings. The highest BCUT2D eigenvalue weighted by atomic mass is 35.5. The maximum atomic E-state index is 6.12. The second-order valence-electron chi connectivity index (χ2n) is 5.88. The molecule has 0 aliphatic rings. The number of aromatic nitrogens is 3. The summed E-state index contributed by atoms with van der Waals surface area (Å²) in [5.41, 5.74) is 5.43. The fourth-order valence-corrected chi connectivity index (χ4v) is 2.95. The van der Waals surface area contributed by atoms with Crippen LogP contribution < -0.4 is 10.2 Å². The summed E-state index contributed by atoms with van der Waals surface area (Å²) < 4.78 is 7.84. The summed E-state index contributed by atoms with van der Waals surface area (Å²) in [5, 5.41) is 10.7. The zero-order chi connectivity index (χ0) is 17.8. The van der Waals surface area contributed by atoms with Crippen LogP contribution in [0.3, 0.4) is 0 Å². The summed E-state index contributed by atoms with van der Waals surface area (Å²) in [6, 6.07) is 20.0.